The molecule has 0 bridgehead atoms. The van der Waals surface area contributed by atoms with Crippen molar-refractivity contribution >= 4 is 0 Å². The highest BCUT2D eigenvalue weighted by atomic mass is 16.3. The maximum atomic E-state index is 9.74. The summed E-state index contributed by atoms with van der Waals surface area (Å²) in [5, 5.41) is 9.74. The summed E-state index contributed by atoms with van der Waals surface area (Å²) in [5.74, 6) is 0. The van der Waals surface area contributed by atoms with Crippen LogP contribution < -0.4 is 0 Å². The number of pyridine rings is 1. The zero-order valence-corrected chi connectivity index (χ0v) is 12.0. The number of hydrogen-bond acceptors (Lipinski definition) is 4. The molecular weight excluding hydrogens is 238 g/mol. The number of aliphatic hydroxyl groups excluding tert-OH is 1. The lowest BCUT2D eigenvalue weighted by molar-refractivity contribution is 0.0251. The number of aliphatic hydroxyl groups is 1. The van der Waals surface area contributed by atoms with Crippen molar-refractivity contribution in [2.24, 2.45) is 0 Å². The van der Waals surface area contributed by atoms with Gasteiger partial charge in [0.1, 0.15) is 0 Å². The zero-order valence-electron chi connectivity index (χ0n) is 12.0. The molecule has 4 nitrogen and oxygen atoms in total. The van der Waals surface area contributed by atoms with Gasteiger partial charge in [-0.1, -0.05) is 13.0 Å². The third kappa shape index (κ3) is 3.53. The van der Waals surface area contributed by atoms with Gasteiger partial charge < -0.3 is 10.0 Å². The van der Waals surface area contributed by atoms with E-state index in [-0.39, 0.29) is 12.6 Å². The van der Waals surface area contributed by atoms with E-state index in [1.54, 1.807) is 6.20 Å². The molecule has 106 valence electrons. The first-order valence-electron chi connectivity index (χ1n) is 7.25. The van der Waals surface area contributed by atoms with Crippen LogP contribution in [0.2, 0.25) is 0 Å². The first-order valence-corrected chi connectivity index (χ1v) is 7.25. The molecule has 2 heterocycles. The van der Waals surface area contributed by atoms with Crippen LogP contribution in [0.4, 0.5) is 0 Å². The lowest BCUT2D eigenvalue weighted by Gasteiger charge is -2.43. The SMILES string of the molecule is CCCN1CCN(C(CO)c2cccnc2)C(C)C1. The molecule has 0 aromatic carbocycles. The van der Waals surface area contributed by atoms with Crippen molar-refractivity contribution in [3.63, 3.8) is 0 Å². The molecule has 1 aromatic rings. The Kier molecular flexibility index (Phi) is 5.31. The van der Waals surface area contributed by atoms with Gasteiger partial charge in [-0.15, -0.1) is 0 Å². The minimum Gasteiger partial charge on any atom is -0.394 e. The fourth-order valence-electron chi connectivity index (χ4n) is 3.00. The Labute approximate surface area is 116 Å². The molecule has 0 saturated carbocycles. The van der Waals surface area contributed by atoms with E-state index in [9.17, 15) is 5.11 Å². The number of piperazine rings is 1. The molecule has 0 radical (unpaired) electrons. The van der Waals surface area contributed by atoms with Crippen molar-refractivity contribution in [3.8, 4) is 0 Å². The van der Waals surface area contributed by atoms with E-state index in [0.29, 0.717) is 6.04 Å². The third-order valence-electron chi connectivity index (χ3n) is 3.95. The predicted molar refractivity (Wildman–Crippen MR) is 77.0 cm³/mol. The first-order chi connectivity index (χ1) is 9.26. The fourth-order valence-corrected chi connectivity index (χ4v) is 3.00. The summed E-state index contributed by atoms with van der Waals surface area (Å²) < 4.78 is 0. The van der Waals surface area contributed by atoms with Gasteiger partial charge in [-0.25, -0.2) is 0 Å². The van der Waals surface area contributed by atoms with Gasteiger partial charge >= 0.3 is 0 Å². The molecule has 4 heteroatoms. The summed E-state index contributed by atoms with van der Waals surface area (Å²) in [4.78, 5) is 9.09. The van der Waals surface area contributed by atoms with Gasteiger partial charge in [0, 0.05) is 38.1 Å². The van der Waals surface area contributed by atoms with Crippen molar-refractivity contribution in [2.75, 3.05) is 32.8 Å². The van der Waals surface area contributed by atoms with Crippen LogP contribution in [-0.4, -0.2) is 58.7 Å². The molecule has 2 rings (SSSR count). The average molecular weight is 263 g/mol. The van der Waals surface area contributed by atoms with Crippen LogP contribution in [0, 0.1) is 0 Å². The maximum Gasteiger partial charge on any atom is 0.0629 e. The van der Waals surface area contributed by atoms with Gasteiger partial charge in [-0.05, 0) is 31.5 Å². The Bertz CT molecular complexity index is 371. The van der Waals surface area contributed by atoms with E-state index in [1.165, 1.54) is 13.0 Å². The van der Waals surface area contributed by atoms with Crippen molar-refractivity contribution in [1.29, 1.82) is 0 Å². The number of rotatable bonds is 5. The van der Waals surface area contributed by atoms with E-state index < -0.39 is 0 Å². The zero-order chi connectivity index (χ0) is 13.7. The minimum absolute atomic E-state index is 0.0764. The van der Waals surface area contributed by atoms with Crippen molar-refractivity contribution in [3.05, 3.63) is 30.1 Å². The van der Waals surface area contributed by atoms with E-state index in [4.69, 9.17) is 0 Å². The van der Waals surface area contributed by atoms with Crippen molar-refractivity contribution in [1.82, 2.24) is 14.8 Å². The molecule has 2 atom stereocenters. The Hall–Kier alpha value is -0.970. The Balaban J connectivity index is 2.04. The molecule has 1 saturated heterocycles. The summed E-state index contributed by atoms with van der Waals surface area (Å²) in [5.41, 5.74) is 1.11. The monoisotopic (exact) mass is 263 g/mol. The van der Waals surface area contributed by atoms with Crippen molar-refractivity contribution in [2.45, 2.75) is 32.4 Å². The van der Waals surface area contributed by atoms with E-state index in [0.717, 1.165) is 25.2 Å². The predicted octanol–water partition coefficient (Wildman–Crippen LogP) is 1.53. The summed E-state index contributed by atoms with van der Waals surface area (Å²) in [6.07, 6.45) is 4.85. The van der Waals surface area contributed by atoms with E-state index >= 15 is 0 Å². The van der Waals surface area contributed by atoms with Gasteiger partial charge in [0.05, 0.1) is 12.6 Å². The molecule has 0 aliphatic carbocycles. The second-order valence-corrected chi connectivity index (χ2v) is 5.37. The van der Waals surface area contributed by atoms with Gasteiger partial charge in [0.2, 0.25) is 0 Å². The largest absolute Gasteiger partial charge is 0.394 e. The third-order valence-corrected chi connectivity index (χ3v) is 3.95. The van der Waals surface area contributed by atoms with Gasteiger partial charge in [0.15, 0.2) is 0 Å². The van der Waals surface area contributed by atoms with Crippen molar-refractivity contribution < 1.29 is 5.11 Å². The van der Waals surface area contributed by atoms with Crippen LogP contribution in [0.1, 0.15) is 31.9 Å². The summed E-state index contributed by atoms with van der Waals surface area (Å²) in [6.45, 7) is 9.00. The van der Waals surface area contributed by atoms with Crippen LogP contribution in [0.15, 0.2) is 24.5 Å². The molecule has 1 N–H and O–H groups in total. The van der Waals surface area contributed by atoms with Gasteiger partial charge in [0.25, 0.3) is 0 Å². The molecule has 19 heavy (non-hydrogen) atoms. The standard InChI is InChI=1S/C15H25N3O/c1-3-7-17-8-9-18(13(2)11-17)15(12-19)14-5-4-6-16-10-14/h4-6,10,13,15,19H,3,7-9,11-12H2,1-2H3. The minimum atomic E-state index is 0.0764. The summed E-state index contributed by atoms with van der Waals surface area (Å²) >= 11 is 0. The van der Waals surface area contributed by atoms with Gasteiger partial charge in [-0.3, -0.25) is 9.88 Å². The fraction of sp³-hybridized carbons (Fsp3) is 0.667. The first kappa shape index (κ1) is 14.4. The highest BCUT2D eigenvalue weighted by molar-refractivity contribution is 5.14. The molecule has 1 fully saturated rings. The van der Waals surface area contributed by atoms with Crippen LogP contribution in [0.5, 0.6) is 0 Å². The molecular formula is C15H25N3O. The topological polar surface area (TPSA) is 39.6 Å². The van der Waals surface area contributed by atoms with E-state index in [2.05, 4.69) is 34.7 Å². The number of nitrogens with zero attached hydrogens (tertiary/aromatic N) is 3. The van der Waals surface area contributed by atoms with Crippen LogP contribution in [0.3, 0.4) is 0 Å². The normalized spacial score (nSPS) is 23.4. The Morgan fingerprint density at radius 1 is 1.47 bits per heavy atom. The highest BCUT2D eigenvalue weighted by Gasteiger charge is 2.29. The lowest BCUT2D eigenvalue weighted by atomic mass is 10.0. The maximum absolute atomic E-state index is 9.74. The second kappa shape index (κ2) is 6.98. The smallest absolute Gasteiger partial charge is 0.0629 e. The molecule has 1 aromatic heterocycles. The molecule has 0 spiro atoms. The van der Waals surface area contributed by atoms with E-state index in [1.807, 2.05) is 12.3 Å². The summed E-state index contributed by atoms with van der Waals surface area (Å²) in [7, 11) is 0. The van der Waals surface area contributed by atoms with Crippen LogP contribution in [-0.2, 0) is 0 Å². The van der Waals surface area contributed by atoms with Gasteiger partial charge in [-0.2, -0.15) is 0 Å². The van der Waals surface area contributed by atoms with Crippen LogP contribution in [0.25, 0.3) is 0 Å². The lowest BCUT2D eigenvalue weighted by Crippen LogP contribution is -2.53. The molecule has 2 unspecified atom stereocenters. The quantitative estimate of drug-likeness (QED) is 0.874. The molecule has 1 aliphatic heterocycles. The average Bonchev–Trinajstić information content (AvgIpc) is 2.43. The molecule has 1 aliphatic rings. The second-order valence-electron chi connectivity index (χ2n) is 5.37. The molecule has 0 amide bonds. The number of aromatic nitrogens is 1. The Morgan fingerprint density at radius 2 is 2.32 bits per heavy atom. The Morgan fingerprint density at radius 3 is 2.89 bits per heavy atom. The van der Waals surface area contributed by atoms with Crippen LogP contribution >= 0.6 is 0 Å². The number of hydrogen-bond donors (Lipinski definition) is 1. The summed E-state index contributed by atoms with van der Waals surface area (Å²) in [6, 6.07) is 4.54. The highest BCUT2D eigenvalue weighted by Crippen LogP contribution is 2.24.